The largest absolute Gasteiger partial charge is 0.364 e. The molecule has 124 valence electrons. The zero-order valence-electron chi connectivity index (χ0n) is 14.4. The molecule has 0 aliphatic heterocycles. The van der Waals surface area contributed by atoms with Crippen LogP contribution in [0.25, 0.3) is 0 Å². The summed E-state index contributed by atoms with van der Waals surface area (Å²) in [6.45, 7) is 6.77. The van der Waals surface area contributed by atoms with Crippen LogP contribution in [0.15, 0.2) is 35.7 Å². The van der Waals surface area contributed by atoms with E-state index in [1.807, 2.05) is 6.07 Å². The molecule has 0 bridgehead atoms. The Morgan fingerprint density at radius 3 is 2.18 bits per heavy atom. The van der Waals surface area contributed by atoms with E-state index in [2.05, 4.69) is 49.6 Å². The molecule has 1 rings (SSSR count). The molecule has 0 aliphatic rings. The SMILES string of the molecule is CCCCCCCCCC(ON=O)[Si](C)(C)c1ccccc1. The van der Waals surface area contributed by atoms with E-state index in [0.717, 1.165) is 12.8 Å². The summed E-state index contributed by atoms with van der Waals surface area (Å²) >= 11 is 0. The Hall–Kier alpha value is -1.16. The maximum absolute atomic E-state index is 10.7. The fourth-order valence-corrected chi connectivity index (χ4v) is 5.59. The van der Waals surface area contributed by atoms with Gasteiger partial charge in [0.2, 0.25) is 0 Å². The minimum absolute atomic E-state index is 0.0250. The summed E-state index contributed by atoms with van der Waals surface area (Å²) in [5.41, 5.74) is -0.0250. The maximum atomic E-state index is 10.7. The predicted octanol–water partition coefficient (Wildman–Crippen LogP) is 5.35. The highest BCUT2D eigenvalue weighted by Gasteiger charge is 2.35. The van der Waals surface area contributed by atoms with Gasteiger partial charge in [0.05, 0.1) is 0 Å². The average molecular weight is 322 g/mol. The predicted molar refractivity (Wildman–Crippen MR) is 96.8 cm³/mol. The molecule has 1 aromatic carbocycles. The van der Waals surface area contributed by atoms with Crippen molar-refractivity contribution in [3.8, 4) is 0 Å². The first-order chi connectivity index (χ1) is 10.6. The summed E-state index contributed by atoms with van der Waals surface area (Å²) in [5.74, 6) is 0. The van der Waals surface area contributed by atoms with Gasteiger partial charge in [-0.1, -0.05) is 94.1 Å². The van der Waals surface area contributed by atoms with Crippen molar-refractivity contribution >= 4 is 13.3 Å². The molecular formula is C18H31NO2Si. The summed E-state index contributed by atoms with van der Waals surface area (Å²) in [5, 5.41) is 4.08. The van der Waals surface area contributed by atoms with Crippen molar-refractivity contribution in [1.82, 2.24) is 0 Å². The van der Waals surface area contributed by atoms with Gasteiger partial charge in [0.1, 0.15) is 13.8 Å². The van der Waals surface area contributed by atoms with Crippen LogP contribution in [-0.2, 0) is 4.84 Å². The van der Waals surface area contributed by atoms with Gasteiger partial charge < -0.3 is 4.84 Å². The molecule has 0 saturated heterocycles. The van der Waals surface area contributed by atoms with Gasteiger partial charge in [0.15, 0.2) is 5.34 Å². The molecule has 1 aromatic rings. The van der Waals surface area contributed by atoms with E-state index >= 15 is 0 Å². The molecule has 0 fully saturated rings. The van der Waals surface area contributed by atoms with Gasteiger partial charge in [0, 0.05) is 0 Å². The van der Waals surface area contributed by atoms with E-state index in [9.17, 15) is 4.91 Å². The molecule has 0 aromatic heterocycles. The van der Waals surface area contributed by atoms with E-state index in [1.54, 1.807) is 0 Å². The van der Waals surface area contributed by atoms with Gasteiger partial charge in [-0.3, -0.25) is 0 Å². The van der Waals surface area contributed by atoms with Crippen molar-refractivity contribution in [2.45, 2.75) is 77.1 Å². The van der Waals surface area contributed by atoms with Crippen molar-refractivity contribution in [1.29, 1.82) is 0 Å². The Morgan fingerprint density at radius 1 is 1.00 bits per heavy atom. The van der Waals surface area contributed by atoms with Crippen LogP contribution in [0.1, 0.15) is 58.3 Å². The molecule has 0 aliphatic carbocycles. The average Bonchev–Trinajstić information content (AvgIpc) is 2.53. The third-order valence-corrected chi connectivity index (χ3v) is 8.39. The zero-order chi connectivity index (χ0) is 16.3. The third kappa shape index (κ3) is 6.30. The molecule has 0 heterocycles. The highest BCUT2D eigenvalue weighted by molar-refractivity contribution is 6.90. The smallest absolute Gasteiger partial charge is 0.155 e. The summed E-state index contributed by atoms with van der Waals surface area (Å²) < 4.78 is 0. The van der Waals surface area contributed by atoms with E-state index < -0.39 is 8.07 Å². The van der Waals surface area contributed by atoms with Crippen LogP contribution in [0.5, 0.6) is 0 Å². The monoisotopic (exact) mass is 321 g/mol. The van der Waals surface area contributed by atoms with Crippen molar-refractivity contribution in [2.24, 2.45) is 5.34 Å². The first-order valence-corrected chi connectivity index (χ1v) is 11.7. The summed E-state index contributed by atoms with van der Waals surface area (Å²) in [4.78, 5) is 15.9. The van der Waals surface area contributed by atoms with Crippen molar-refractivity contribution in [2.75, 3.05) is 0 Å². The molecule has 1 unspecified atom stereocenters. The highest BCUT2D eigenvalue weighted by Crippen LogP contribution is 2.20. The van der Waals surface area contributed by atoms with Gasteiger partial charge in [-0.25, -0.2) is 0 Å². The summed E-state index contributed by atoms with van der Waals surface area (Å²) in [7, 11) is -1.83. The Bertz CT molecular complexity index is 409. The van der Waals surface area contributed by atoms with Crippen LogP contribution < -0.4 is 5.19 Å². The van der Waals surface area contributed by atoms with Crippen LogP contribution in [0.4, 0.5) is 0 Å². The molecule has 22 heavy (non-hydrogen) atoms. The molecule has 0 amide bonds. The Morgan fingerprint density at radius 2 is 1.59 bits per heavy atom. The lowest BCUT2D eigenvalue weighted by Gasteiger charge is -2.30. The van der Waals surface area contributed by atoms with Crippen LogP contribution in [0.3, 0.4) is 0 Å². The number of hydrogen-bond acceptors (Lipinski definition) is 3. The summed E-state index contributed by atoms with van der Waals surface area (Å²) in [6, 6.07) is 10.4. The van der Waals surface area contributed by atoms with Gasteiger partial charge in [-0.05, 0) is 12.8 Å². The topological polar surface area (TPSA) is 38.7 Å². The second-order valence-corrected chi connectivity index (χ2v) is 11.3. The van der Waals surface area contributed by atoms with Crippen LogP contribution in [0, 0.1) is 4.91 Å². The minimum Gasteiger partial charge on any atom is -0.364 e. The standard InChI is InChI=1S/C18H31NO2Si/c1-4-5-6-7-8-9-13-16-18(21-19-20)22(2,3)17-14-11-10-12-15-17/h10-12,14-15,18H,4-9,13,16H2,1-3H3. The number of hydrogen-bond donors (Lipinski definition) is 0. The van der Waals surface area contributed by atoms with Gasteiger partial charge in [-0.2, -0.15) is 0 Å². The van der Waals surface area contributed by atoms with E-state index in [0.29, 0.717) is 0 Å². The fraction of sp³-hybridized carbons (Fsp3) is 0.667. The lowest BCUT2D eigenvalue weighted by atomic mass is 10.1. The third-order valence-electron chi connectivity index (χ3n) is 4.56. The van der Waals surface area contributed by atoms with Crippen LogP contribution >= 0.6 is 0 Å². The molecule has 0 radical (unpaired) electrons. The zero-order valence-corrected chi connectivity index (χ0v) is 15.4. The number of unbranched alkanes of at least 4 members (excludes halogenated alkanes) is 6. The van der Waals surface area contributed by atoms with E-state index in [-0.39, 0.29) is 5.73 Å². The second-order valence-electron chi connectivity index (χ2n) is 6.67. The minimum atomic E-state index is -1.83. The second kappa shape index (κ2) is 10.5. The fourth-order valence-electron chi connectivity index (χ4n) is 2.94. The first kappa shape index (κ1) is 18.9. The van der Waals surface area contributed by atoms with Gasteiger partial charge in [0.25, 0.3) is 0 Å². The summed E-state index contributed by atoms with van der Waals surface area (Å²) in [6.07, 6.45) is 9.87. The number of benzene rings is 1. The lowest BCUT2D eigenvalue weighted by Crippen LogP contribution is -2.53. The van der Waals surface area contributed by atoms with Crippen LogP contribution in [0.2, 0.25) is 13.1 Å². The number of rotatable bonds is 12. The van der Waals surface area contributed by atoms with Crippen LogP contribution in [-0.4, -0.2) is 13.8 Å². The van der Waals surface area contributed by atoms with E-state index in [4.69, 9.17) is 4.84 Å². The Balaban J connectivity index is 2.46. The molecule has 3 nitrogen and oxygen atoms in total. The molecule has 4 heteroatoms. The maximum Gasteiger partial charge on any atom is 0.155 e. The molecular weight excluding hydrogens is 290 g/mol. The van der Waals surface area contributed by atoms with Crippen molar-refractivity contribution in [3.63, 3.8) is 0 Å². The molecule has 0 spiro atoms. The molecule has 1 atom stereocenters. The van der Waals surface area contributed by atoms with Crippen molar-refractivity contribution in [3.05, 3.63) is 35.2 Å². The Kier molecular flexibility index (Phi) is 9.05. The van der Waals surface area contributed by atoms with Gasteiger partial charge in [-0.15, -0.1) is 4.91 Å². The van der Waals surface area contributed by atoms with Crippen molar-refractivity contribution < 1.29 is 4.84 Å². The highest BCUT2D eigenvalue weighted by atomic mass is 28.3. The lowest BCUT2D eigenvalue weighted by molar-refractivity contribution is 0.0962. The first-order valence-electron chi connectivity index (χ1n) is 8.67. The quantitative estimate of drug-likeness (QED) is 0.225. The van der Waals surface area contributed by atoms with Gasteiger partial charge >= 0.3 is 0 Å². The molecule has 0 saturated carbocycles. The van der Waals surface area contributed by atoms with E-state index in [1.165, 1.54) is 43.7 Å². The normalized spacial score (nSPS) is 12.9. The number of nitrogens with zero attached hydrogens (tertiary/aromatic N) is 1. The molecule has 0 N–H and O–H groups in total. The Labute approximate surface area is 136 Å².